The highest BCUT2D eigenvalue weighted by Crippen LogP contribution is 2.07. The largest absolute Gasteiger partial charge is 0.207 e. The van der Waals surface area contributed by atoms with E-state index in [4.69, 9.17) is 5.26 Å². The smallest absolute Gasteiger partial charge is 0.123 e. The maximum atomic E-state index is 12.4. The zero-order valence-electron chi connectivity index (χ0n) is 6.71. The lowest BCUT2D eigenvalue weighted by molar-refractivity contribution is 0.628. The number of nitrogens with zero attached hydrogens (tertiary/aromatic N) is 1. The van der Waals surface area contributed by atoms with Crippen molar-refractivity contribution in [1.82, 2.24) is 0 Å². The lowest BCUT2D eigenvalue weighted by atomic mass is 10.1. The van der Waals surface area contributed by atoms with Crippen LogP contribution in [0.5, 0.6) is 0 Å². The van der Waals surface area contributed by atoms with E-state index in [1.807, 2.05) is 6.07 Å². The molecule has 0 spiro atoms. The lowest BCUT2D eigenvalue weighted by Crippen LogP contribution is -1.75. The van der Waals surface area contributed by atoms with Crippen LogP contribution >= 0.6 is 0 Å². The standard InChI is InChI=1S/C10H8FN/c1-8(7-12)6-9-2-4-10(11)5-3-9/h2-6H,1H3/b8-6+. The highest BCUT2D eigenvalue weighted by molar-refractivity contribution is 5.55. The number of rotatable bonds is 1. The van der Waals surface area contributed by atoms with Crippen molar-refractivity contribution in [2.24, 2.45) is 0 Å². The lowest BCUT2D eigenvalue weighted by Gasteiger charge is -1.92. The summed E-state index contributed by atoms with van der Waals surface area (Å²) in [6, 6.07) is 8.01. The van der Waals surface area contributed by atoms with Crippen molar-refractivity contribution in [2.75, 3.05) is 0 Å². The summed E-state index contributed by atoms with van der Waals surface area (Å²) in [6.45, 7) is 1.71. The first-order chi connectivity index (χ1) is 5.72. The van der Waals surface area contributed by atoms with Crippen LogP contribution in [0.15, 0.2) is 29.8 Å². The van der Waals surface area contributed by atoms with Gasteiger partial charge in [-0.05, 0) is 30.7 Å². The molecule has 0 fully saturated rings. The van der Waals surface area contributed by atoms with Crippen molar-refractivity contribution in [3.8, 4) is 6.07 Å². The highest BCUT2D eigenvalue weighted by Gasteiger charge is 1.90. The maximum Gasteiger partial charge on any atom is 0.123 e. The van der Waals surface area contributed by atoms with Crippen molar-refractivity contribution in [2.45, 2.75) is 6.92 Å². The van der Waals surface area contributed by atoms with Gasteiger partial charge in [-0.2, -0.15) is 5.26 Å². The van der Waals surface area contributed by atoms with E-state index < -0.39 is 0 Å². The second-order valence-corrected chi connectivity index (χ2v) is 2.49. The second kappa shape index (κ2) is 3.68. The molecule has 1 rings (SSSR count). The number of hydrogen-bond acceptors (Lipinski definition) is 1. The molecule has 1 nitrogen and oxygen atoms in total. The van der Waals surface area contributed by atoms with Gasteiger partial charge in [-0.3, -0.25) is 0 Å². The Kier molecular flexibility index (Phi) is 2.60. The molecule has 0 amide bonds. The van der Waals surface area contributed by atoms with Crippen molar-refractivity contribution in [3.63, 3.8) is 0 Å². The average Bonchev–Trinajstić information content (AvgIpc) is 2.09. The van der Waals surface area contributed by atoms with Gasteiger partial charge in [-0.25, -0.2) is 4.39 Å². The van der Waals surface area contributed by atoms with Crippen LogP contribution in [0, 0.1) is 17.1 Å². The minimum atomic E-state index is -0.262. The quantitative estimate of drug-likeness (QED) is 0.581. The van der Waals surface area contributed by atoms with Crippen LogP contribution in [0.3, 0.4) is 0 Å². The molecule has 0 aromatic heterocycles. The Morgan fingerprint density at radius 2 is 2.00 bits per heavy atom. The minimum absolute atomic E-state index is 0.262. The number of benzene rings is 1. The van der Waals surface area contributed by atoms with Gasteiger partial charge in [-0.15, -0.1) is 0 Å². The van der Waals surface area contributed by atoms with E-state index in [-0.39, 0.29) is 5.82 Å². The topological polar surface area (TPSA) is 23.8 Å². The number of hydrogen-bond donors (Lipinski definition) is 0. The summed E-state index contributed by atoms with van der Waals surface area (Å²) in [5, 5.41) is 8.46. The summed E-state index contributed by atoms with van der Waals surface area (Å²) in [5.74, 6) is -0.262. The zero-order valence-corrected chi connectivity index (χ0v) is 6.71. The first kappa shape index (κ1) is 8.48. The van der Waals surface area contributed by atoms with Crippen molar-refractivity contribution >= 4 is 6.08 Å². The monoisotopic (exact) mass is 161 g/mol. The first-order valence-corrected chi connectivity index (χ1v) is 3.56. The average molecular weight is 161 g/mol. The van der Waals surface area contributed by atoms with Crippen LogP contribution in [0.25, 0.3) is 6.08 Å². The Morgan fingerprint density at radius 3 is 2.50 bits per heavy atom. The zero-order chi connectivity index (χ0) is 8.97. The fraction of sp³-hybridized carbons (Fsp3) is 0.100. The van der Waals surface area contributed by atoms with Crippen LogP contribution in [-0.2, 0) is 0 Å². The van der Waals surface area contributed by atoms with Gasteiger partial charge in [0.25, 0.3) is 0 Å². The van der Waals surface area contributed by atoms with E-state index in [1.54, 1.807) is 25.1 Å². The third-order valence-corrected chi connectivity index (χ3v) is 1.43. The molecule has 0 aliphatic heterocycles. The molecule has 0 N–H and O–H groups in total. The van der Waals surface area contributed by atoms with E-state index in [0.29, 0.717) is 5.57 Å². The van der Waals surface area contributed by atoms with Gasteiger partial charge in [0, 0.05) is 5.57 Å². The summed E-state index contributed by atoms with van der Waals surface area (Å²) in [7, 11) is 0. The van der Waals surface area contributed by atoms with Crippen LogP contribution in [-0.4, -0.2) is 0 Å². The Morgan fingerprint density at radius 1 is 1.42 bits per heavy atom. The molecule has 0 saturated heterocycles. The van der Waals surface area contributed by atoms with Gasteiger partial charge >= 0.3 is 0 Å². The van der Waals surface area contributed by atoms with E-state index in [1.165, 1.54) is 12.1 Å². The molecule has 0 unspecified atom stereocenters. The molecular weight excluding hydrogens is 153 g/mol. The summed E-state index contributed by atoms with van der Waals surface area (Å²) < 4.78 is 12.4. The van der Waals surface area contributed by atoms with Gasteiger partial charge in [0.05, 0.1) is 6.07 Å². The molecule has 0 radical (unpaired) electrons. The number of allylic oxidation sites excluding steroid dienone is 1. The molecule has 0 aliphatic rings. The third-order valence-electron chi connectivity index (χ3n) is 1.43. The molecular formula is C10H8FN. The highest BCUT2D eigenvalue weighted by atomic mass is 19.1. The maximum absolute atomic E-state index is 12.4. The minimum Gasteiger partial charge on any atom is -0.207 e. The van der Waals surface area contributed by atoms with Gasteiger partial charge < -0.3 is 0 Å². The van der Waals surface area contributed by atoms with E-state index in [9.17, 15) is 4.39 Å². The Balaban J connectivity index is 2.93. The van der Waals surface area contributed by atoms with E-state index in [2.05, 4.69) is 0 Å². The molecule has 12 heavy (non-hydrogen) atoms. The molecule has 0 heterocycles. The summed E-state index contributed by atoms with van der Waals surface area (Å²) in [6.07, 6.45) is 1.71. The molecule has 2 heteroatoms. The second-order valence-electron chi connectivity index (χ2n) is 2.49. The predicted molar refractivity (Wildman–Crippen MR) is 45.7 cm³/mol. The fourth-order valence-electron chi connectivity index (χ4n) is 0.841. The fourth-order valence-corrected chi connectivity index (χ4v) is 0.841. The number of nitriles is 1. The summed E-state index contributed by atoms with van der Waals surface area (Å²) in [5.41, 5.74) is 1.46. The van der Waals surface area contributed by atoms with Crippen LogP contribution in [0.1, 0.15) is 12.5 Å². The third kappa shape index (κ3) is 2.21. The van der Waals surface area contributed by atoms with E-state index >= 15 is 0 Å². The van der Waals surface area contributed by atoms with Crippen LogP contribution in [0.4, 0.5) is 4.39 Å². The van der Waals surface area contributed by atoms with E-state index in [0.717, 1.165) is 5.56 Å². The molecule has 0 bridgehead atoms. The van der Waals surface area contributed by atoms with Crippen LogP contribution in [0.2, 0.25) is 0 Å². The molecule has 0 aliphatic carbocycles. The van der Waals surface area contributed by atoms with Crippen molar-refractivity contribution < 1.29 is 4.39 Å². The first-order valence-electron chi connectivity index (χ1n) is 3.56. The molecule has 0 atom stereocenters. The summed E-state index contributed by atoms with van der Waals surface area (Å²) in [4.78, 5) is 0. The van der Waals surface area contributed by atoms with Gasteiger partial charge in [0.2, 0.25) is 0 Å². The van der Waals surface area contributed by atoms with Gasteiger partial charge in [0.15, 0.2) is 0 Å². The number of halogens is 1. The Labute approximate surface area is 70.8 Å². The Hall–Kier alpha value is -1.62. The van der Waals surface area contributed by atoms with Crippen LogP contribution < -0.4 is 0 Å². The van der Waals surface area contributed by atoms with Gasteiger partial charge in [-0.1, -0.05) is 12.1 Å². The molecule has 60 valence electrons. The molecule has 0 saturated carbocycles. The normalized spacial score (nSPS) is 10.9. The molecule has 1 aromatic rings. The SMILES string of the molecule is C/C(C#N)=C\c1ccc(F)cc1. The van der Waals surface area contributed by atoms with Crippen molar-refractivity contribution in [1.29, 1.82) is 5.26 Å². The Bertz CT molecular complexity index is 330. The predicted octanol–water partition coefficient (Wildman–Crippen LogP) is 2.75. The molecule has 1 aromatic carbocycles. The summed E-state index contributed by atoms with van der Waals surface area (Å²) >= 11 is 0. The van der Waals surface area contributed by atoms with Gasteiger partial charge in [0.1, 0.15) is 5.82 Å². The van der Waals surface area contributed by atoms with Crippen molar-refractivity contribution in [3.05, 3.63) is 41.2 Å².